The second-order valence-corrected chi connectivity index (χ2v) is 8.75. The molecule has 0 spiro atoms. The lowest BCUT2D eigenvalue weighted by Crippen LogP contribution is -2.54. The van der Waals surface area contributed by atoms with Crippen molar-refractivity contribution in [2.45, 2.75) is 20.5 Å². The maximum atomic E-state index is 13.2. The number of nitrogens with one attached hydrogen (secondary N) is 1. The van der Waals surface area contributed by atoms with Gasteiger partial charge in [0.25, 0.3) is 11.8 Å². The summed E-state index contributed by atoms with van der Waals surface area (Å²) in [7, 11) is 0. The number of anilines is 1. The molecule has 1 saturated heterocycles. The molecule has 184 valence electrons. The maximum absolute atomic E-state index is 13.2. The number of halogens is 2. The Morgan fingerprint density at radius 2 is 1.72 bits per heavy atom. The number of imide groups is 2. The van der Waals surface area contributed by atoms with Gasteiger partial charge in [-0.15, -0.1) is 0 Å². The fourth-order valence-electron chi connectivity index (χ4n) is 3.64. The number of carbonyl (C=O) groups excluding carboxylic acids is 3. The number of rotatable bonds is 7. The fraction of sp³-hybridized carbons (Fsp3) is 0.148. The molecule has 0 saturated carbocycles. The summed E-state index contributed by atoms with van der Waals surface area (Å²) in [5.74, 6) is -0.644. The maximum Gasteiger partial charge on any atom is 0.335 e. The van der Waals surface area contributed by atoms with E-state index in [2.05, 4.69) is 5.32 Å². The normalized spacial score (nSPS) is 14.7. The van der Waals surface area contributed by atoms with E-state index in [4.69, 9.17) is 32.7 Å². The minimum Gasteiger partial charge on any atom is -0.490 e. The molecule has 1 N–H and O–H groups in total. The van der Waals surface area contributed by atoms with Gasteiger partial charge in [0.2, 0.25) is 0 Å². The number of ether oxygens (including phenoxy) is 2. The van der Waals surface area contributed by atoms with Gasteiger partial charge in [0.1, 0.15) is 12.2 Å². The van der Waals surface area contributed by atoms with Crippen molar-refractivity contribution in [2.24, 2.45) is 0 Å². The minimum atomic E-state index is -0.842. The first kappa shape index (κ1) is 25.3. The van der Waals surface area contributed by atoms with Gasteiger partial charge in [-0.3, -0.25) is 14.9 Å². The Kier molecular flexibility index (Phi) is 7.62. The third-order valence-corrected chi connectivity index (χ3v) is 6.04. The fourth-order valence-corrected chi connectivity index (χ4v) is 4.00. The Bertz CT molecular complexity index is 1390. The topological polar surface area (TPSA) is 84.9 Å². The Morgan fingerprint density at radius 3 is 2.47 bits per heavy atom. The van der Waals surface area contributed by atoms with Crippen LogP contribution in [0, 0.1) is 6.92 Å². The molecule has 1 aliphatic heterocycles. The van der Waals surface area contributed by atoms with E-state index in [-0.39, 0.29) is 12.2 Å². The second kappa shape index (κ2) is 10.8. The van der Waals surface area contributed by atoms with E-state index in [1.165, 1.54) is 12.1 Å². The number of nitrogens with zero attached hydrogens (tertiary/aromatic N) is 1. The first-order valence-electron chi connectivity index (χ1n) is 11.1. The van der Waals surface area contributed by atoms with Crippen LogP contribution in [-0.4, -0.2) is 24.5 Å². The zero-order valence-electron chi connectivity index (χ0n) is 19.5. The van der Waals surface area contributed by atoms with Gasteiger partial charge >= 0.3 is 6.03 Å². The van der Waals surface area contributed by atoms with Crippen LogP contribution in [0.4, 0.5) is 10.5 Å². The number of carbonyl (C=O) groups is 3. The zero-order chi connectivity index (χ0) is 25.8. The molecule has 36 heavy (non-hydrogen) atoms. The molecule has 0 atom stereocenters. The van der Waals surface area contributed by atoms with Gasteiger partial charge in [-0.1, -0.05) is 53.5 Å². The first-order valence-corrected chi connectivity index (χ1v) is 11.8. The van der Waals surface area contributed by atoms with Crippen LogP contribution in [0.25, 0.3) is 6.08 Å². The van der Waals surface area contributed by atoms with Gasteiger partial charge in [0.05, 0.1) is 12.3 Å². The van der Waals surface area contributed by atoms with Crippen LogP contribution in [0.3, 0.4) is 0 Å². The molecule has 0 aliphatic carbocycles. The van der Waals surface area contributed by atoms with Crippen LogP contribution in [-0.2, 0) is 16.2 Å². The first-order chi connectivity index (χ1) is 17.3. The molecule has 7 nitrogen and oxygen atoms in total. The van der Waals surface area contributed by atoms with E-state index in [1.54, 1.807) is 43.3 Å². The number of hydrogen-bond acceptors (Lipinski definition) is 5. The highest BCUT2D eigenvalue weighted by molar-refractivity contribution is 6.39. The number of barbiturate groups is 1. The lowest BCUT2D eigenvalue weighted by atomic mass is 10.1. The molecule has 4 rings (SSSR count). The van der Waals surface area contributed by atoms with Crippen molar-refractivity contribution < 1.29 is 23.9 Å². The highest BCUT2D eigenvalue weighted by atomic mass is 35.5. The molecule has 0 unspecified atom stereocenters. The zero-order valence-corrected chi connectivity index (χ0v) is 21.0. The van der Waals surface area contributed by atoms with Crippen LogP contribution < -0.4 is 19.7 Å². The van der Waals surface area contributed by atoms with Crippen molar-refractivity contribution in [3.8, 4) is 11.5 Å². The third kappa shape index (κ3) is 5.37. The molecular formula is C27H22Cl2N2O5. The number of amides is 4. The Hall–Kier alpha value is -3.81. The van der Waals surface area contributed by atoms with Crippen LogP contribution in [0.1, 0.15) is 23.6 Å². The van der Waals surface area contributed by atoms with Gasteiger partial charge < -0.3 is 9.47 Å². The second-order valence-electron chi connectivity index (χ2n) is 7.91. The van der Waals surface area contributed by atoms with Crippen LogP contribution in [0.2, 0.25) is 10.0 Å². The molecule has 3 aromatic carbocycles. The summed E-state index contributed by atoms with van der Waals surface area (Å²) < 4.78 is 11.6. The van der Waals surface area contributed by atoms with Gasteiger partial charge in [-0.25, -0.2) is 9.69 Å². The predicted molar refractivity (Wildman–Crippen MR) is 139 cm³/mol. The van der Waals surface area contributed by atoms with Crippen LogP contribution in [0.15, 0.2) is 66.2 Å². The molecule has 3 aromatic rings. The molecule has 4 amide bonds. The molecule has 0 bridgehead atoms. The minimum absolute atomic E-state index is 0.207. The highest BCUT2D eigenvalue weighted by Crippen LogP contribution is 2.32. The number of hydrogen-bond donors (Lipinski definition) is 1. The van der Waals surface area contributed by atoms with Gasteiger partial charge in [-0.05, 0) is 61.4 Å². The summed E-state index contributed by atoms with van der Waals surface area (Å²) in [4.78, 5) is 39.3. The monoisotopic (exact) mass is 524 g/mol. The van der Waals surface area contributed by atoms with Gasteiger partial charge in [-0.2, -0.15) is 0 Å². The summed E-state index contributed by atoms with van der Waals surface area (Å²) >= 11 is 12.3. The summed E-state index contributed by atoms with van der Waals surface area (Å²) in [6.45, 7) is 4.18. The number of benzene rings is 3. The van der Waals surface area contributed by atoms with Crippen molar-refractivity contribution >= 4 is 52.8 Å². The van der Waals surface area contributed by atoms with E-state index < -0.39 is 17.8 Å². The standard InChI is InChI=1S/C27H22Cl2N2O5/c1-3-35-24-13-17(9-11-23(24)36-15-18-6-4-5-7-21(18)29)12-20-25(32)30-27(34)31(26(20)33)22-14-19(28)10-8-16(22)2/h4-14H,3,15H2,1-2H3,(H,30,32,34)/b20-12+. The summed E-state index contributed by atoms with van der Waals surface area (Å²) in [6, 6.07) is 16.4. The largest absolute Gasteiger partial charge is 0.490 e. The summed E-state index contributed by atoms with van der Waals surface area (Å²) in [6.07, 6.45) is 1.40. The van der Waals surface area contributed by atoms with E-state index >= 15 is 0 Å². The number of urea groups is 1. The number of aryl methyl sites for hydroxylation is 1. The van der Waals surface area contributed by atoms with E-state index in [0.29, 0.717) is 45.0 Å². The molecule has 0 radical (unpaired) electrons. The van der Waals surface area contributed by atoms with Crippen LogP contribution in [0.5, 0.6) is 11.5 Å². The molecule has 1 aliphatic rings. The summed E-state index contributed by atoms with van der Waals surface area (Å²) in [5, 5.41) is 3.16. The average molecular weight is 525 g/mol. The van der Waals surface area contributed by atoms with Gasteiger partial charge in [0.15, 0.2) is 11.5 Å². The Balaban J connectivity index is 1.64. The summed E-state index contributed by atoms with van der Waals surface area (Å²) in [5.41, 5.74) is 2.07. The van der Waals surface area contributed by atoms with E-state index in [1.807, 2.05) is 25.1 Å². The Morgan fingerprint density at radius 1 is 0.944 bits per heavy atom. The lowest BCUT2D eigenvalue weighted by Gasteiger charge is -2.27. The highest BCUT2D eigenvalue weighted by Gasteiger charge is 2.37. The van der Waals surface area contributed by atoms with E-state index in [0.717, 1.165) is 10.5 Å². The molecule has 1 heterocycles. The SMILES string of the molecule is CCOc1cc(/C=C2\C(=O)NC(=O)N(c3cc(Cl)ccc3C)C2=O)ccc1OCc1ccccc1Cl. The van der Waals surface area contributed by atoms with E-state index in [9.17, 15) is 14.4 Å². The molecular weight excluding hydrogens is 503 g/mol. The lowest BCUT2D eigenvalue weighted by molar-refractivity contribution is -0.122. The Labute approximate surface area is 218 Å². The molecule has 0 aromatic heterocycles. The predicted octanol–water partition coefficient (Wildman–Crippen LogP) is 5.95. The van der Waals surface area contributed by atoms with Crippen LogP contribution >= 0.6 is 23.2 Å². The van der Waals surface area contributed by atoms with Crippen molar-refractivity contribution in [1.82, 2.24) is 5.32 Å². The van der Waals surface area contributed by atoms with Gasteiger partial charge in [0, 0.05) is 15.6 Å². The molecule has 9 heteroatoms. The molecule has 1 fully saturated rings. The average Bonchev–Trinajstić information content (AvgIpc) is 2.84. The quantitative estimate of drug-likeness (QED) is 0.305. The van der Waals surface area contributed by atoms with Crippen molar-refractivity contribution in [1.29, 1.82) is 0 Å². The smallest absolute Gasteiger partial charge is 0.335 e. The van der Waals surface area contributed by atoms with Crippen molar-refractivity contribution in [2.75, 3.05) is 11.5 Å². The van der Waals surface area contributed by atoms with Crippen molar-refractivity contribution in [3.63, 3.8) is 0 Å². The third-order valence-electron chi connectivity index (χ3n) is 5.43. The van der Waals surface area contributed by atoms with Crippen molar-refractivity contribution in [3.05, 3.63) is 93.0 Å².